The maximum atomic E-state index is 10.4. The maximum absolute atomic E-state index is 10.4. The zero-order valence-corrected chi connectivity index (χ0v) is 6.49. The molecule has 1 rings (SSSR count). The summed E-state index contributed by atoms with van der Waals surface area (Å²) in [5, 5.41) is 17.8. The van der Waals surface area contributed by atoms with E-state index in [0.717, 1.165) is 5.57 Å². The van der Waals surface area contributed by atoms with Gasteiger partial charge in [0.1, 0.15) is 0 Å². The third-order valence-electron chi connectivity index (χ3n) is 1.80. The lowest BCUT2D eigenvalue weighted by Crippen LogP contribution is -2.42. The van der Waals surface area contributed by atoms with Crippen LogP contribution in [0.25, 0.3) is 0 Å². The number of carboxylic acids is 1. The third kappa shape index (κ3) is 1.57. The number of ether oxygens (including phenoxy) is 1. The molecule has 0 radical (unpaired) electrons. The largest absolute Gasteiger partial charge is 0.476 e. The molecular weight excluding hydrogens is 162 g/mol. The van der Waals surface area contributed by atoms with Crippen LogP contribution in [0.2, 0.25) is 0 Å². The van der Waals surface area contributed by atoms with E-state index in [4.69, 9.17) is 10.8 Å². The summed E-state index contributed by atoms with van der Waals surface area (Å²) in [4.78, 5) is 10.4. The maximum Gasteiger partial charge on any atom is 0.377 e. The van der Waals surface area contributed by atoms with Crippen LogP contribution in [0.3, 0.4) is 0 Å². The van der Waals surface area contributed by atoms with Crippen molar-refractivity contribution >= 4 is 5.97 Å². The minimum atomic E-state index is -2.06. The summed E-state index contributed by atoms with van der Waals surface area (Å²) in [5.74, 6) is -3.42. The first-order valence-corrected chi connectivity index (χ1v) is 3.60. The van der Waals surface area contributed by atoms with Crippen molar-refractivity contribution in [2.24, 2.45) is 5.73 Å². The standard InChI is InChI=1S/C7H11NO4/c8-3-5-1-2-7(11,6(9)10)12-4-5/h4,11H,1-3,8H2,(H,9,10)/t7-/m0/s1. The van der Waals surface area contributed by atoms with E-state index in [2.05, 4.69) is 4.74 Å². The van der Waals surface area contributed by atoms with Gasteiger partial charge in [-0.1, -0.05) is 0 Å². The smallest absolute Gasteiger partial charge is 0.377 e. The van der Waals surface area contributed by atoms with Crippen molar-refractivity contribution in [1.82, 2.24) is 0 Å². The number of hydrogen-bond acceptors (Lipinski definition) is 4. The second-order valence-corrected chi connectivity index (χ2v) is 2.69. The Balaban J connectivity index is 2.67. The summed E-state index contributed by atoms with van der Waals surface area (Å²) in [7, 11) is 0. The molecule has 68 valence electrons. The predicted octanol–water partition coefficient (Wildman–Crippen LogP) is -0.587. The number of aliphatic hydroxyl groups is 1. The van der Waals surface area contributed by atoms with Gasteiger partial charge >= 0.3 is 11.8 Å². The number of rotatable bonds is 2. The average molecular weight is 173 g/mol. The monoisotopic (exact) mass is 173 g/mol. The van der Waals surface area contributed by atoms with Crippen molar-refractivity contribution in [1.29, 1.82) is 0 Å². The number of carbonyl (C=O) groups is 1. The topological polar surface area (TPSA) is 92.8 Å². The molecule has 0 amide bonds. The van der Waals surface area contributed by atoms with Crippen LogP contribution >= 0.6 is 0 Å². The SMILES string of the molecule is NCC1=CO[C@](O)(C(=O)O)CC1. The van der Waals surface area contributed by atoms with E-state index in [0.29, 0.717) is 13.0 Å². The van der Waals surface area contributed by atoms with E-state index in [9.17, 15) is 9.90 Å². The van der Waals surface area contributed by atoms with Crippen LogP contribution in [0.4, 0.5) is 0 Å². The normalized spacial score (nSPS) is 29.0. The van der Waals surface area contributed by atoms with Gasteiger partial charge in [0.2, 0.25) is 0 Å². The molecular formula is C7H11NO4. The minimum Gasteiger partial charge on any atom is -0.476 e. The van der Waals surface area contributed by atoms with E-state index in [1.54, 1.807) is 0 Å². The number of carboxylic acid groups (broad SMARTS) is 1. The molecule has 0 unspecified atom stereocenters. The highest BCUT2D eigenvalue weighted by molar-refractivity contribution is 5.75. The first-order valence-electron chi connectivity index (χ1n) is 3.60. The van der Waals surface area contributed by atoms with Gasteiger partial charge in [0, 0.05) is 13.0 Å². The Kier molecular flexibility index (Phi) is 2.35. The molecule has 0 saturated heterocycles. The van der Waals surface area contributed by atoms with Crippen molar-refractivity contribution in [3.63, 3.8) is 0 Å². The highest BCUT2D eigenvalue weighted by Crippen LogP contribution is 2.24. The van der Waals surface area contributed by atoms with Crippen molar-refractivity contribution in [3.05, 3.63) is 11.8 Å². The molecule has 0 aromatic rings. The molecule has 1 aliphatic rings. The summed E-state index contributed by atoms with van der Waals surface area (Å²) in [5.41, 5.74) is 6.10. The van der Waals surface area contributed by atoms with Gasteiger partial charge in [0.25, 0.3) is 0 Å². The molecule has 1 heterocycles. The number of nitrogens with two attached hydrogens (primary N) is 1. The highest BCUT2D eigenvalue weighted by atomic mass is 16.6. The zero-order valence-electron chi connectivity index (χ0n) is 6.49. The Morgan fingerprint density at radius 2 is 2.50 bits per heavy atom. The Bertz CT molecular complexity index is 225. The van der Waals surface area contributed by atoms with Gasteiger partial charge in [-0.15, -0.1) is 0 Å². The van der Waals surface area contributed by atoms with Crippen LogP contribution in [-0.2, 0) is 9.53 Å². The Morgan fingerprint density at radius 3 is 2.83 bits per heavy atom. The summed E-state index contributed by atoms with van der Waals surface area (Å²) in [6.07, 6.45) is 1.72. The molecule has 5 nitrogen and oxygen atoms in total. The fraction of sp³-hybridized carbons (Fsp3) is 0.571. The summed E-state index contributed by atoms with van der Waals surface area (Å²) in [6.45, 7) is 0.329. The molecule has 0 bridgehead atoms. The van der Waals surface area contributed by atoms with Crippen LogP contribution in [0.5, 0.6) is 0 Å². The predicted molar refractivity (Wildman–Crippen MR) is 40.0 cm³/mol. The van der Waals surface area contributed by atoms with E-state index < -0.39 is 11.8 Å². The average Bonchev–Trinajstić information content (AvgIpc) is 2.06. The fourth-order valence-corrected chi connectivity index (χ4v) is 0.936. The molecule has 0 saturated carbocycles. The van der Waals surface area contributed by atoms with Crippen molar-refractivity contribution in [2.75, 3.05) is 6.54 Å². The quantitative estimate of drug-likeness (QED) is 0.519. The molecule has 5 heteroatoms. The van der Waals surface area contributed by atoms with Gasteiger partial charge in [0.15, 0.2) is 0 Å². The summed E-state index contributed by atoms with van der Waals surface area (Å²) >= 11 is 0. The van der Waals surface area contributed by atoms with Crippen LogP contribution in [-0.4, -0.2) is 28.5 Å². The zero-order chi connectivity index (χ0) is 9.19. The highest BCUT2D eigenvalue weighted by Gasteiger charge is 2.39. The Hall–Kier alpha value is -1.07. The van der Waals surface area contributed by atoms with E-state index >= 15 is 0 Å². The van der Waals surface area contributed by atoms with Crippen LogP contribution in [0.15, 0.2) is 11.8 Å². The first-order chi connectivity index (χ1) is 5.58. The van der Waals surface area contributed by atoms with Gasteiger partial charge < -0.3 is 20.7 Å². The van der Waals surface area contributed by atoms with Crippen molar-refractivity contribution in [3.8, 4) is 0 Å². The fourth-order valence-electron chi connectivity index (χ4n) is 0.936. The van der Waals surface area contributed by atoms with Crippen molar-refractivity contribution < 1.29 is 19.7 Å². The molecule has 1 atom stereocenters. The lowest BCUT2D eigenvalue weighted by Gasteiger charge is -2.27. The lowest BCUT2D eigenvalue weighted by atomic mass is 10.0. The molecule has 0 aromatic carbocycles. The minimum absolute atomic E-state index is 0.0470. The molecule has 1 aliphatic heterocycles. The lowest BCUT2D eigenvalue weighted by molar-refractivity contribution is -0.210. The second-order valence-electron chi connectivity index (χ2n) is 2.69. The summed E-state index contributed by atoms with van der Waals surface area (Å²) < 4.78 is 4.64. The number of hydrogen-bond donors (Lipinski definition) is 3. The molecule has 12 heavy (non-hydrogen) atoms. The van der Waals surface area contributed by atoms with Gasteiger partial charge in [-0.2, -0.15) is 0 Å². The summed E-state index contributed by atoms with van der Waals surface area (Å²) in [6, 6.07) is 0. The molecule has 0 spiro atoms. The molecule has 0 aromatic heterocycles. The van der Waals surface area contributed by atoms with Gasteiger partial charge in [0.05, 0.1) is 6.26 Å². The van der Waals surface area contributed by atoms with Gasteiger partial charge in [-0.3, -0.25) is 0 Å². The van der Waals surface area contributed by atoms with Crippen LogP contribution in [0.1, 0.15) is 12.8 Å². The van der Waals surface area contributed by atoms with Crippen molar-refractivity contribution in [2.45, 2.75) is 18.6 Å². The Morgan fingerprint density at radius 1 is 1.83 bits per heavy atom. The second kappa shape index (κ2) is 3.12. The van der Waals surface area contributed by atoms with Gasteiger partial charge in [-0.05, 0) is 12.0 Å². The van der Waals surface area contributed by atoms with Crippen LogP contribution < -0.4 is 5.73 Å². The van der Waals surface area contributed by atoms with E-state index in [1.165, 1.54) is 6.26 Å². The van der Waals surface area contributed by atoms with Crippen LogP contribution in [0, 0.1) is 0 Å². The van der Waals surface area contributed by atoms with E-state index in [-0.39, 0.29) is 6.42 Å². The van der Waals surface area contributed by atoms with Gasteiger partial charge in [-0.25, -0.2) is 4.79 Å². The third-order valence-corrected chi connectivity index (χ3v) is 1.80. The molecule has 0 fully saturated rings. The number of aliphatic carboxylic acids is 1. The van der Waals surface area contributed by atoms with E-state index in [1.807, 2.05) is 0 Å². The Labute approximate surface area is 69.4 Å². The molecule has 4 N–H and O–H groups in total. The molecule has 0 aliphatic carbocycles. The first kappa shape index (κ1) is 9.02.